The lowest BCUT2D eigenvalue weighted by Gasteiger charge is -2.23. The number of nitrogens with zero attached hydrogens (tertiary/aromatic N) is 4. The Labute approximate surface area is 197 Å². The normalized spacial score (nSPS) is 14.0. The molecule has 13 heteroatoms. The van der Waals surface area contributed by atoms with Gasteiger partial charge in [-0.2, -0.15) is 9.97 Å². The van der Waals surface area contributed by atoms with Crippen molar-refractivity contribution in [2.24, 2.45) is 0 Å². The number of hydrogen-bond acceptors (Lipinski definition) is 10. The van der Waals surface area contributed by atoms with Crippen molar-refractivity contribution in [1.29, 1.82) is 0 Å². The molecule has 2 atom stereocenters. The van der Waals surface area contributed by atoms with E-state index in [0.717, 1.165) is 5.56 Å². The van der Waals surface area contributed by atoms with Gasteiger partial charge in [0.2, 0.25) is 11.8 Å². The number of benzene rings is 1. The van der Waals surface area contributed by atoms with E-state index in [1.165, 1.54) is 7.11 Å². The summed E-state index contributed by atoms with van der Waals surface area (Å²) in [4.78, 5) is 24.5. The number of rotatable bonds is 13. The van der Waals surface area contributed by atoms with Crippen molar-refractivity contribution < 1.29 is 28.1 Å². The van der Waals surface area contributed by atoms with Crippen molar-refractivity contribution >= 4 is 30.6 Å². The molecule has 0 radical (unpaired) electrons. The summed E-state index contributed by atoms with van der Waals surface area (Å²) in [6.07, 6.45) is 1.31. The third-order valence-electron chi connectivity index (χ3n) is 4.69. The molecule has 0 spiro atoms. The van der Waals surface area contributed by atoms with Crippen LogP contribution in [0.4, 0.5) is 5.95 Å². The Kier molecular flexibility index (Phi) is 8.94. The molecule has 184 valence electrons. The van der Waals surface area contributed by atoms with Crippen LogP contribution in [0.2, 0.25) is 0 Å². The van der Waals surface area contributed by atoms with Gasteiger partial charge in [-0.15, -0.1) is 0 Å². The molecule has 0 saturated heterocycles. The van der Waals surface area contributed by atoms with E-state index in [1.54, 1.807) is 24.7 Å². The number of nitrogen functional groups attached to an aromatic ring is 1. The fraction of sp³-hybridized carbons (Fsp3) is 0.429. The minimum absolute atomic E-state index is 0.0583. The minimum Gasteiger partial charge on any atom is -0.479 e. The molecule has 34 heavy (non-hydrogen) atoms. The zero-order chi connectivity index (χ0) is 24.6. The fourth-order valence-electron chi connectivity index (χ4n) is 3.07. The molecule has 1 aromatic carbocycles. The first kappa shape index (κ1) is 25.6. The van der Waals surface area contributed by atoms with Crippen LogP contribution in [0.5, 0.6) is 5.88 Å². The van der Waals surface area contributed by atoms with Crippen molar-refractivity contribution in [3.8, 4) is 5.88 Å². The second-order valence-electron chi connectivity index (χ2n) is 7.27. The first-order valence-corrected chi connectivity index (χ1v) is 12.5. The van der Waals surface area contributed by atoms with E-state index in [0.29, 0.717) is 17.7 Å². The average Bonchev–Trinajstić information content (AvgIpc) is 3.23. The van der Waals surface area contributed by atoms with E-state index in [-0.39, 0.29) is 38.0 Å². The predicted molar refractivity (Wildman–Crippen MR) is 125 cm³/mol. The molecule has 12 nitrogen and oxygen atoms in total. The van der Waals surface area contributed by atoms with Gasteiger partial charge < -0.3 is 29.0 Å². The smallest absolute Gasteiger partial charge is 0.323 e. The maximum atomic E-state index is 13.5. The Bertz CT molecular complexity index is 1140. The van der Waals surface area contributed by atoms with Crippen LogP contribution in [0.15, 0.2) is 36.7 Å². The summed E-state index contributed by atoms with van der Waals surface area (Å²) in [7, 11) is -2.08. The number of carbonyl (C=O) groups excluding carboxylic acids is 1. The summed E-state index contributed by atoms with van der Waals surface area (Å²) in [5.74, 6) is -0.191. The van der Waals surface area contributed by atoms with Gasteiger partial charge >= 0.3 is 5.97 Å². The summed E-state index contributed by atoms with van der Waals surface area (Å²) in [6.45, 7) is 4.09. The number of carbonyl (C=O) groups is 1. The molecule has 0 saturated carbocycles. The molecule has 3 aromatic rings. The molecule has 2 heterocycles. The van der Waals surface area contributed by atoms with Gasteiger partial charge in [0.1, 0.15) is 12.4 Å². The predicted octanol–water partition coefficient (Wildman–Crippen LogP) is 2.34. The highest BCUT2D eigenvalue weighted by Crippen LogP contribution is 2.44. The van der Waals surface area contributed by atoms with E-state index < -0.39 is 19.5 Å². The third-order valence-corrected chi connectivity index (χ3v) is 6.54. The molecule has 0 unspecified atom stereocenters. The Balaban J connectivity index is 1.64. The van der Waals surface area contributed by atoms with Crippen LogP contribution in [-0.4, -0.2) is 58.2 Å². The maximum absolute atomic E-state index is 13.5. The molecular formula is C21H29N6O6P. The van der Waals surface area contributed by atoms with Crippen LogP contribution >= 0.6 is 7.52 Å². The van der Waals surface area contributed by atoms with Crippen LogP contribution in [0, 0.1) is 0 Å². The summed E-state index contributed by atoms with van der Waals surface area (Å²) in [5.41, 5.74) is 7.54. The van der Waals surface area contributed by atoms with Gasteiger partial charge in [-0.25, -0.2) is 10.1 Å². The topological polar surface area (TPSA) is 153 Å². The number of methoxy groups -OCH3 is 1. The van der Waals surface area contributed by atoms with E-state index in [9.17, 15) is 9.36 Å². The summed E-state index contributed by atoms with van der Waals surface area (Å²) in [5, 5.41) is 2.75. The van der Waals surface area contributed by atoms with Gasteiger partial charge in [0.05, 0.1) is 33.3 Å². The van der Waals surface area contributed by atoms with Crippen molar-refractivity contribution in [2.45, 2.75) is 33.0 Å². The average molecular weight is 492 g/mol. The number of nitrogens with one attached hydrogen (secondary N) is 1. The highest BCUT2D eigenvalue weighted by molar-refractivity contribution is 7.56. The number of aromatic nitrogens is 4. The van der Waals surface area contributed by atoms with Gasteiger partial charge in [-0.1, -0.05) is 30.3 Å². The maximum Gasteiger partial charge on any atom is 0.323 e. The standard InChI is InChI=1S/C21H29N6O6P/c1-4-32-20(28)15(2)26-34(29,33-12-16-8-6-5-7-9-16)14-31-11-10-27-13-23-17-18(27)24-21(22)25-19(17)30-3/h5-9,13,15H,4,10-12,14H2,1-3H3,(H,26,29)(H2,22,24,25)/t15-,34+/m0/s1. The molecule has 3 rings (SSSR count). The SMILES string of the molecule is CCOC(=O)[C@H](C)N[P@@](=O)(COCCn1cnc2c(OC)nc(N)nc21)OCc1ccccc1. The molecule has 0 bridgehead atoms. The number of ether oxygens (including phenoxy) is 3. The number of imidazole rings is 1. The molecule has 0 aliphatic heterocycles. The monoisotopic (exact) mass is 492 g/mol. The number of fused-ring (bicyclic) bond motifs is 1. The molecule has 0 fully saturated rings. The Morgan fingerprint density at radius 1 is 1.26 bits per heavy atom. The minimum atomic E-state index is -3.56. The molecular weight excluding hydrogens is 463 g/mol. The molecule has 0 aliphatic rings. The van der Waals surface area contributed by atoms with Crippen LogP contribution in [0.1, 0.15) is 19.4 Å². The van der Waals surface area contributed by atoms with Crippen molar-refractivity contribution in [2.75, 3.05) is 32.4 Å². The van der Waals surface area contributed by atoms with Gasteiger partial charge in [-0.05, 0) is 19.4 Å². The van der Waals surface area contributed by atoms with Crippen LogP contribution < -0.4 is 15.6 Å². The van der Waals surface area contributed by atoms with Crippen LogP contribution in [-0.2, 0) is 36.5 Å². The summed E-state index contributed by atoms with van der Waals surface area (Å²) >= 11 is 0. The number of anilines is 1. The highest BCUT2D eigenvalue weighted by atomic mass is 31.2. The largest absolute Gasteiger partial charge is 0.479 e. The van der Waals surface area contributed by atoms with Crippen LogP contribution in [0.25, 0.3) is 11.2 Å². The molecule has 3 N–H and O–H groups in total. The molecule has 0 aliphatic carbocycles. The second-order valence-corrected chi connectivity index (χ2v) is 9.40. The Hall–Kier alpha value is -3.05. The molecule has 2 aromatic heterocycles. The highest BCUT2D eigenvalue weighted by Gasteiger charge is 2.29. The molecule has 0 amide bonds. The third kappa shape index (κ3) is 6.73. The van der Waals surface area contributed by atoms with Gasteiger partial charge in [0.25, 0.3) is 7.52 Å². The van der Waals surface area contributed by atoms with Gasteiger partial charge in [-0.3, -0.25) is 9.36 Å². The Morgan fingerprint density at radius 3 is 2.74 bits per heavy atom. The van der Waals surface area contributed by atoms with E-state index in [2.05, 4.69) is 20.0 Å². The number of esters is 1. The fourth-order valence-corrected chi connectivity index (χ4v) is 4.71. The van der Waals surface area contributed by atoms with Crippen molar-refractivity contribution in [3.63, 3.8) is 0 Å². The van der Waals surface area contributed by atoms with Crippen LogP contribution in [0.3, 0.4) is 0 Å². The number of hydrogen-bond donors (Lipinski definition) is 2. The zero-order valence-corrected chi connectivity index (χ0v) is 20.2. The van der Waals surface area contributed by atoms with Gasteiger partial charge in [0, 0.05) is 6.54 Å². The quantitative estimate of drug-likeness (QED) is 0.205. The first-order chi connectivity index (χ1) is 16.3. The van der Waals surface area contributed by atoms with E-state index in [1.807, 2.05) is 30.3 Å². The van der Waals surface area contributed by atoms with Crippen molar-refractivity contribution in [3.05, 3.63) is 42.2 Å². The Morgan fingerprint density at radius 2 is 2.03 bits per heavy atom. The lowest BCUT2D eigenvalue weighted by Crippen LogP contribution is -2.34. The second kappa shape index (κ2) is 11.9. The lowest BCUT2D eigenvalue weighted by atomic mass is 10.2. The van der Waals surface area contributed by atoms with E-state index in [4.69, 9.17) is 24.5 Å². The lowest BCUT2D eigenvalue weighted by molar-refractivity contribution is -0.144. The van der Waals surface area contributed by atoms with E-state index >= 15 is 0 Å². The summed E-state index contributed by atoms with van der Waals surface area (Å²) in [6, 6.07) is 8.46. The first-order valence-electron chi connectivity index (χ1n) is 10.7. The number of nitrogens with two attached hydrogens (primary N) is 1. The summed E-state index contributed by atoms with van der Waals surface area (Å²) < 4.78 is 36.8. The zero-order valence-electron chi connectivity index (χ0n) is 19.3. The van der Waals surface area contributed by atoms with Crippen molar-refractivity contribution in [1.82, 2.24) is 24.6 Å². The van der Waals surface area contributed by atoms with Gasteiger partial charge in [0.15, 0.2) is 11.2 Å².